The van der Waals surface area contributed by atoms with Gasteiger partial charge in [-0.1, -0.05) is 6.92 Å². The van der Waals surface area contributed by atoms with Gasteiger partial charge in [-0.2, -0.15) is 0 Å². The van der Waals surface area contributed by atoms with E-state index in [9.17, 15) is 8.78 Å². The molecule has 17 heavy (non-hydrogen) atoms. The Labute approximate surface area is 98.1 Å². The molecule has 0 radical (unpaired) electrons. The number of nitrogens with one attached hydrogen (secondary N) is 1. The molecule has 0 aliphatic rings. The van der Waals surface area contributed by atoms with Gasteiger partial charge < -0.3 is 5.32 Å². The van der Waals surface area contributed by atoms with Crippen molar-refractivity contribution in [2.24, 2.45) is 0 Å². The Morgan fingerprint density at radius 3 is 2.94 bits per heavy atom. The van der Waals surface area contributed by atoms with Gasteiger partial charge in [-0.05, 0) is 18.6 Å². The number of anilines is 1. The van der Waals surface area contributed by atoms with E-state index in [1.54, 1.807) is 12.4 Å². The fraction of sp³-hybridized carbons (Fsp3) is 0.250. The molecule has 0 saturated carbocycles. The number of hydrogen-bond donors (Lipinski definition) is 1. The van der Waals surface area contributed by atoms with Gasteiger partial charge in [0.15, 0.2) is 0 Å². The summed E-state index contributed by atoms with van der Waals surface area (Å²) in [6.07, 6.45) is 4.07. The van der Waals surface area contributed by atoms with Crippen molar-refractivity contribution in [2.75, 3.05) is 11.9 Å². The zero-order valence-electron chi connectivity index (χ0n) is 9.45. The maximum atomic E-state index is 13.6. The SMILES string of the molecule is CCCNc1nccn1-c1cc(F)ccc1F. The minimum Gasteiger partial charge on any atom is -0.355 e. The molecule has 2 rings (SSSR count). The largest absolute Gasteiger partial charge is 0.355 e. The predicted octanol–water partition coefficient (Wildman–Crippen LogP) is 2.97. The van der Waals surface area contributed by atoms with Gasteiger partial charge in [-0.3, -0.25) is 4.57 Å². The molecule has 0 aliphatic carbocycles. The highest BCUT2D eigenvalue weighted by atomic mass is 19.1. The van der Waals surface area contributed by atoms with Gasteiger partial charge in [-0.15, -0.1) is 0 Å². The van der Waals surface area contributed by atoms with E-state index in [4.69, 9.17) is 0 Å². The topological polar surface area (TPSA) is 29.9 Å². The average molecular weight is 237 g/mol. The Hall–Kier alpha value is -1.91. The highest BCUT2D eigenvalue weighted by molar-refractivity contribution is 5.42. The maximum Gasteiger partial charge on any atom is 0.207 e. The summed E-state index contributed by atoms with van der Waals surface area (Å²) in [5, 5.41) is 3.05. The van der Waals surface area contributed by atoms with Crippen molar-refractivity contribution in [1.82, 2.24) is 9.55 Å². The second-order valence-electron chi connectivity index (χ2n) is 3.64. The monoisotopic (exact) mass is 237 g/mol. The molecule has 1 aromatic heterocycles. The summed E-state index contributed by atoms with van der Waals surface area (Å²) in [5.74, 6) is -0.447. The third kappa shape index (κ3) is 2.43. The van der Waals surface area contributed by atoms with E-state index in [0.717, 1.165) is 31.2 Å². The van der Waals surface area contributed by atoms with Crippen molar-refractivity contribution in [3.8, 4) is 5.69 Å². The van der Waals surface area contributed by atoms with Gasteiger partial charge in [0.25, 0.3) is 0 Å². The van der Waals surface area contributed by atoms with Crippen LogP contribution in [0.5, 0.6) is 0 Å². The Bertz CT molecular complexity index is 508. The summed E-state index contributed by atoms with van der Waals surface area (Å²) >= 11 is 0. The number of nitrogens with zero attached hydrogens (tertiary/aromatic N) is 2. The van der Waals surface area contributed by atoms with Gasteiger partial charge in [0, 0.05) is 25.0 Å². The molecule has 5 heteroatoms. The smallest absolute Gasteiger partial charge is 0.207 e. The van der Waals surface area contributed by atoms with Crippen LogP contribution in [0.25, 0.3) is 5.69 Å². The third-order valence-corrected chi connectivity index (χ3v) is 2.34. The van der Waals surface area contributed by atoms with Crippen molar-refractivity contribution >= 4 is 5.95 Å². The van der Waals surface area contributed by atoms with Crippen molar-refractivity contribution in [2.45, 2.75) is 13.3 Å². The van der Waals surface area contributed by atoms with Gasteiger partial charge >= 0.3 is 0 Å². The molecule has 2 aromatic rings. The number of hydrogen-bond acceptors (Lipinski definition) is 2. The van der Waals surface area contributed by atoms with E-state index in [2.05, 4.69) is 10.3 Å². The molecule has 0 fully saturated rings. The van der Waals surface area contributed by atoms with Crippen LogP contribution in [0.2, 0.25) is 0 Å². The fourth-order valence-corrected chi connectivity index (χ4v) is 1.54. The summed E-state index contributed by atoms with van der Waals surface area (Å²) in [7, 11) is 0. The zero-order chi connectivity index (χ0) is 12.3. The van der Waals surface area contributed by atoms with E-state index < -0.39 is 11.6 Å². The summed E-state index contributed by atoms with van der Waals surface area (Å²) in [5.41, 5.74) is 0.154. The highest BCUT2D eigenvalue weighted by Gasteiger charge is 2.09. The molecule has 90 valence electrons. The quantitative estimate of drug-likeness (QED) is 0.886. The number of imidazole rings is 1. The normalized spacial score (nSPS) is 10.5. The third-order valence-electron chi connectivity index (χ3n) is 2.34. The van der Waals surface area contributed by atoms with Crippen molar-refractivity contribution < 1.29 is 8.78 Å². The molecule has 3 nitrogen and oxygen atoms in total. The molecular weight excluding hydrogens is 224 g/mol. The Kier molecular flexibility index (Phi) is 3.37. The minimum absolute atomic E-state index is 0.154. The second-order valence-corrected chi connectivity index (χ2v) is 3.64. The van der Waals surface area contributed by atoms with Crippen LogP contribution in [0.1, 0.15) is 13.3 Å². The van der Waals surface area contributed by atoms with Crippen LogP contribution in [0.3, 0.4) is 0 Å². The second kappa shape index (κ2) is 4.95. The van der Waals surface area contributed by atoms with Crippen LogP contribution < -0.4 is 5.32 Å². The lowest BCUT2D eigenvalue weighted by Crippen LogP contribution is -2.08. The number of benzene rings is 1. The Morgan fingerprint density at radius 1 is 1.35 bits per heavy atom. The molecular formula is C12H13F2N3. The first-order valence-electron chi connectivity index (χ1n) is 5.45. The van der Waals surface area contributed by atoms with Crippen molar-refractivity contribution in [1.29, 1.82) is 0 Å². The lowest BCUT2D eigenvalue weighted by atomic mass is 10.3. The van der Waals surface area contributed by atoms with Crippen LogP contribution in [-0.4, -0.2) is 16.1 Å². The molecule has 1 aromatic carbocycles. The molecule has 0 saturated heterocycles. The van der Waals surface area contributed by atoms with E-state index in [-0.39, 0.29) is 5.69 Å². The van der Waals surface area contributed by atoms with Gasteiger partial charge in [0.1, 0.15) is 11.6 Å². The minimum atomic E-state index is -0.482. The van der Waals surface area contributed by atoms with Gasteiger partial charge in [0.05, 0.1) is 5.69 Å². The molecule has 0 amide bonds. The summed E-state index contributed by atoms with van der Waals surface area (Å²) < 4.78 is 28.2. The Balaban J connectivity index is 2.38. The molecule has 0 atom stereocenters. The molecule has 1 heterocycles. The summed E-state index contributed by atoms with van der Waals surface area (Å²) in [6, 6.07) is 3.34. The standard InChI is InChI=1S/C12H13F2N3/c1-2-5-15-12-16-6-7-17(12)11-8-9(13)3-4-10(11)14/h3-4,6-8H,2,5H2,1H3,(H,15,16). The maximum absolute atomic E-state index is 13.6. The molecule has 0 spiro atoms. The Morgan fingerprint density at radius 2 is 2.18 bits per heavy atom. The van der Waals surface area contributed by atoms with E-state index in [1.807, 2.05) is 6.92 Å². The van der Waals surface area contributed by atoms with Crippen LogP contribution in [0.15, 0.2) is 30.6 Å². The van der Waals surface area contributed by atoms with E-state index in [0.29, 0.717) is 5.95 Å². The average Bonchev–Trinajstić information content (AvgIpc) is 2.77. The van der Waals surface area contributed by atoms with Crippen molar-refractivity contribution in [3.05, 3.63) is 42.2 Å². The fourth-order valence-electron chi connectivity index (χ4n) is 1.54. The van der Waals surface area contributed by atoms with Gasteiger partial charge in [0.2, 0.25) is 5.95 Å². The van der Waals surface area contributed by atoms with E-state index >= 15 is 0 Å². The first kappa shape index (κ1) is 11.6. The molecule has 0 bridgehead atoms. The van der Waals surface area contributed by atoms with E-state index in [1.165, 1.54) is 4.57 Å². The first-order valence-corrected chi connectivity index (χ1v) is 5.45. The summed E-state index contributed by atoms with van der Waals surface area (Å²) in [6.45, 7) is 2.75. The zero-order valence-corrected chi connectivity index (χ0v) is 9.45. The molecule has 0 unspecified atom stereocenters. The lowest BCUT2D eigenvalue weighted by Gasteiger charge is -2.10. The van der Waals surface area contributed by atoms with Crippen LogP contribution in [0, 0.1) is 11.6 Å². The number of aromatic nitrogens is 2. The van der Waals surface area contributed by atoms with Crippen molar-refractivity contribution in [3.63, 3.8) is 0 Å². The van der Waals surface area contributed by atoms with Crippen LogP contribution >= 0.6 is 0 Å². The number of halogens is 2. The highest BCUT2D eigenvalue weighted by Crippen LogP contribution is 2.18. The molecule has 1 N–H and O–H groups in total. The van der Waals surface area contributed by atoms with Crippen LogP contribution in [0.4, 0.5) is 14.7 Å². The van der Waals surface area contributed by atoms with Gasteiger partial charge in [-0.25, -0.2) is 13.8 Å². The molecule has 0 aliphatic heterocycles. The number of rotatable bonds is 4. The lowest BCUT2D eigenvalue weighted by molar-refractivity contribution is 0.593. The first-order chi connectivity index (χ1) is 8.22. The predicted molar refractivity (Wildman–Crippen MR) is 62.3 cm³/mol. The summed E-state index contributed by atoms with van der Waals surface area (Å²) in [4.78, 5) is 4.06. The van der Waals surface area contributed by atoms with Crippen LogP contribution in [-0.2, 0) is 0 Å².